The van der Waals surface area contributed by atoms with Gasteiger partial charge < -0.3 is 18.0 Å². The maximum atomic E-state index is 5.96. The van der Waals surface area contributed by atoms with Gasteiger partial charge in [-0.1, -0.05) is 30.3 Å². The van der Waals surface area contributed by atoms with Crippen LogP contribution in [-0.2, 0) is 24.4 Å². The molecule has 1 atom stereocenters. The van der Waals surface area contributed by atoms with Crippen LogP contribution in [0.4, 0.5) is 0 Å². The smallest absolute Gasteiger partial charge is 0.374 e. The molecular formula is C15H26O4Si. The molecular weight excluding hydrogens is 272 g/mol. The predicted octanol–water partition coefficient (Wildman–Crippen LogP) is 3.25. The molecule has 1 unspecified atom stereocenters. The van der Waals surface area contributed by atoms with E-state index >= 15 is 0 Å². The largest absolute Gasteiger partial charge is 0.503 e. The highest BCUT2D eigenvalue weighted by molar-refractivity contribution is 6.60. The van der Waals surface area contributed by atoms with Crippen LogP contribution in [0.15, 0.2) is 30.3 Å². The molecule has 0 fully saturated rings. The normalized spacial score (nSPS) is 13.4. The maximum absolute atomic E-state index is 5.96. The standard InChI is InChI=1S/C15H26O4Si/c1-5-17-20(18-6-2,19-14(3)16-4)13-12-15-10-8-7-9-11-15/h7-11,14H,5-6,12-13H2,1-4H3. The fourth-order valence-electron chi connectivity index (χ4n) is 2.00. The van der Waals surface area contributed by atoms with Crippen LogP contribution in [0.2, 0.25) is 6.04 Å². The van der Waals surface area contributed by atoms with Crippen LogP contribution in [0.1, 0.15) is 26.3 Å². The van der Waals surface area contributed by atoms with Gasteiger partial charge in [0, 0.05) is 26.4 Å². The summed E-state index contributed by atoms with van der Waals surface area (Å²) in [5.74, 6) is 0. The van der Waals surface area contributed by atoms with Crippen molar-refractivity contribution in [2.24, 2.45) is 0 Å². The zero-order valence-corrected chi connectivity index (χ0v) is 13.9. The van der Waals surface area contributed by atoms with Crippen LogP contribution < -0.4 is 0 Å². The SMILES string of the molecule is CCO[Si](CCc1ccccc1)(OCC)OC(C)OC. The van der Waals surface area contributed by atoms with E-state index < -0.39 is 8.80 Å². The molecule has 0 N–H and O–H groups in total. The van der Waals surface area contributed by atoms with Gasteiger partial charge in [-0.25, -0.2) is 0 Å². The van der Waals surface area contributed by atoms with Crippen molar-refractivity contribution in [1.82, 2.24) is 0 Å². The molecule has 4 nitrogen and oxygen atoms in total. The molecule has 5 heteroatoms. The molecule has 1 rings (SSSR count). The first-order chi connectivity index (χ1) is 9.65. The number of ether oxygens (including phenoxy) is 1. The third-order valence-corrected chi connectivity index (χ3v) is 5.98. The van der Waals surface area contributed by atoms with Crippen molar-refractivity contribution < 1.29 is 18.0 Å². The van der Waals surface area contributed by atoms with Crippen molar-refractivity contribution in [2.45, 2.75) is 39.5 Å². The van der Waals surface area contributed by atoms with Crippen LogP contribution in [0, 0.1) is 0 Å². The summed E-state index contributed by atoms with van der Waals surface area (Å²) in [6, 6.07) is 11.1. The Morgan fingerprint density at radius 2 is 1.65 bits per heavy atom. The molecule has 0 bridgehead atoms. The number of hydrogen-bond acceptors (Lipinski definition) is 4. The molecule has 0 radical (unpaired) electrons. The molecule has 0 heterocycles. The van der Waals surface area contributed by atoms with Gasteiger partial charge in [-0.2, -0.15) is 0 Å². The van der Waals surface area contributed by atoms with E-state index in [1.165, 1.54) is 5.56 Å². The summed E-state index contributed by atoms with van der Waals surface area (Å²) in [7, 11) is -1.06. The zero-order chi connectivity index (χ0) is 14.8. The summed E-state index contributed by atoms with van der Waals surface area (Å²) in [5.41, 5.74) is 1.26. The fraction of sp³-hybridized carbons (Fsp3) is 0.600. The summed E-state index contributed by atoms with van der Waals surface area (Å²) >= 11 is 0. The number of aryl methyl sites for hydroxylation is 1. The minimum atomic E-state index is -2.69. The fourth-order valence-corrected chi connectivity index (χ4v) is 4.70. The average molecular weight is 298 g/mol. The van der Waals surface area contributed by atoms with Gasteiger partial charge in [-0.15, -0.1) is 0 Å². The molecule has 0 aromatic heterocycles. The van der Waals surface area contributed by atoms with E-state index in [2.05, 4.69) is 12.1 Å². The van der Waals surface area contributed by atoms with Gasteiger partial charge in [0.25, 0.3) is 0 Å². The Morgan fingerprint density at radius 3 is 2.15 bits per heavy atom. The summed E-state index contributed by atoms with van der Waals surface area (Å²) in [4.78, 5) is 0. The molecule has 1 aromatic carbocycles. The van der Waals surface area contributed by atoms with E-state index in [1.807, 2.05) is 39.0 Å². The zero-order valence-electron chi connectivity index (χ0n) is 12.9. The van der Waals surface area contributed by atoms with Gasteiger partial charge in [-0.3, -0.25) is 0 Å². The molecule has 0 aliphatic heterocycles. The Kier molecular flexibility index (Phi) is 8.02. The van der Waals surface area contributed by atoms with Crippen LogP contribution in [0.25, 0.3) is 0 Å². The molecule has 0 spiro atoms. The van der Waals surface area contributed by atoms with Crippen LogP contribution in [0.3, 0.4) is 0 Å². The first-order valence-electron chi connectivity index (χ1n) is 7.18. The monoisotopic (exact) mass is 298 g/mol. The molecule has 0 aliphatic rings. The average Bonchev–Trinajstić information content (AvgIpc) is 2.47. The molecule has 1 aromatic rings. The van der Waals surface area contributed by atoms with E-state index in [4.69, 9.17) is 18.0 Å². The lowest BCUT2D eigenvalue weighted by molar-refractivity contribution is -0.0884. The van der Waals surface area contributed by atoms with Crippen molar-refractivity contribution in [3.63, 3.8) is 0 Å². The summed E-state index contributed by atoms with van der Waals surface area (Å²) in [6.07, 6.45) is 0.555. The van der Waals surface area contributed by atoms with Crippen LogP contribution in [0.5, 0.6) is 0 Å². The maximum Gasteiger partial charge on any atom is 0.503 e. The van der Waals surface area contributed by atoms with Crippen molar-refractivity contribution in [1.29, 1.82) is 0 Å². The highest BCUT2D eigenvalue weighted by Gasteiger charge is 2.42. The Bertz CT molecular complexity index is 352. The van der Waals surface area contributed by atoms with Gasteiger partial charge in [-0.05, 0) is 32.8 Å². The Balaban J connectivity index is 2.73. The van der Waals surface area contributed by atoms with Crippen LogP contribution in [-0.4, -0.2) is 35.4 Å². The minimum Gasteiger partial charge on any atom is -0.374 e. The lowest BCUT2D eigenvalue weighted by atomic mass is 10.2. The van der Waals surface area contributed by atoms with Crippen molar-refractivity contribution in [2.75, 3.05) is 20.3 Å². The highest BCUT2D eigenvalue weighted by atomic mass is 28.4. The van der Waals surface area contributed by atoms with Crippen molar-refractivity contribution in [3.05, 3.63) is 35.9 Å². The van der Waals surface area contributed by atoms with Crippen LogP contribution >= 0.6 is 0 Å². The first kappa shape index (κ1) is 17.3. The van der Waals surface area contributed by atoms with Gasteiger partial charge in [0.05, 0.1) is 0 Å². The van der Waals surface area contributed by atoms with Crippen molar-refractivity contribution >= 4 is 8.80 Å². The second kappa shape index (κ2) is 9.26. The summed E-state index contributed by atoms with van der Waals surface area (Å²) < 4.78 is 22.9. The van der Waals surface area contributed by atoms with Gasteiger partial charge in [0.2, 0.25) is 0 Å². The van der Waals surface area contributed by atoms with E-state index in [-0.39, 0.29) is 6.29 Å². The first-order valence-corrected chi connectivity index (χ1v) is 9.11. The number of benzene rings is 1. The predicted molar refractivity (Wildman–Crippen MR) is 81.5 cm³/mol. The molecule has 114 valence electrons. The van der Waals surface area contributed by atoms with E-state index in [9.17, 15) is 0 Å². The molecule has 20 heavy (non-hydrogen) atoms. The second-order valence-electron chi connectivity index (χ2n) is 4.46. The Labute approximate surface area is 123 Å². The third-order valence-electron chi connectivity index (χ3n) is 2.97. The molecule has 0 amide bonds. The van der Waals surface area contributed by atoms with E-state index in [0.29, 0.717) is 13.2 Å². The highest BCUT2D eigenvalue weighted by Crippen LogP contribution is 2.21. The minimum absolute atomic E-state index is 0.324. The molecule has 0 aliphatic carbocycles. The van der Waals surface area contributed by atoms with E-state index in [1.54, 1.807) is 7.11 Å². The number of hydrogen-bond donors (Lipinski definition) is 0. The summed E-state index contributed by atoms with van der Waals surface area (Å²) in [5, 5.41) is 0. The Hall–Kier alpha value is -0.723. The topological polar surface area (TPSA) is 36.9 Å². The third kappa shape index (κ3) is 5.72. The lowest BCUT2D eigenvalue weighted by Gasteiger charge is -2.31. The Morgan fingerprint density at radius 1 is 1.05 bits per heavy atom. The van der Waals surface area contributed by atoms with Gasteiger partial charge >= 0.3 is 8.80 Å². The van der Waals surface area contributed by atoms with E-state index in [0.717, 1.165) is 12.5 Å². The van der Waals surface area contributed by atoms with Gasteiger partial charge in [0.1, 0.15) is 6.29 Å². The number of methoxy groups -OCH3 is 1. The van der Waals surface area contributed by atoms with Gasteiger partial charge in [0.15, 0.2) is 0 Å². The molecule has 0 saturated heterocycles. The molecule has 0 saturated carbocycles. The second-order valence-corrected chi connectivity index (χ2v) is 7.13. The quantitative estimate of drug-likeness (QED) is 0.491. The number of rotatable bonds is 10. The lowest BCUT2D eigenvalue weighted by Crippen LogP contribution is -2.48. The van der Waals surface area contributed by atoms with Crippen molar-refractivity contribution in [3.8, 4) is 0 Å². The summed E-state index contributed by atoms with van der Waals surface area (Å²) in [6.45, 7) is 6.95.